The van der Waals surface area contributed by atoms with Crippen molar-refractivity contribution in [3.05, 3.63) is 91.6 Å². The molecule has 4 rings (SSSR count). The lowest BCUT2D eigenvalue weighted by Gasteiger charge is -2.24. The molecule has 2 heterocycles. The summed E-state index contributed by atoms with van der Waals surface area (Å²) in [6.07, 6.45) is 0. The molecule has 1 saturated heterocycles. The van der Waals surface area contributed by atoms with E-state index < -0.39 is 17.7 Å². The van der Waals surface area contributed by atoms with Crippen molar-refractivity contribution in [2.45, 2.75) is 6.04 Å². The Morgan fingerprint density at radius 2 is 1.86 bits per heavy atom. The second kappa shape index (κ2) is 7.54. The van der Waals surface area contributed by atoms with Crippen LogP contribution in [0.1, 0.15) is 16.5 Å². The highest BCUT2D eigenvalue weighted by molar-refractivity contribution is 9.10. The van der Waals surface area contributed by atoms with Gasteiger partial charge >= 0.3 is 0 Å². The van der Waals surface area contributed by atoms with E-state index in [0.29, 0.717) is 16.3 Å². The summed E-state index contributed by atoms with van der Waals surface area (Å²) in [5.41, 5.74) is 1.01. The summed E-state index contributed by atoms with van der Waals surface area (Å²) in [5.74, 6) is -1.65. The van der Waals surface area contributed by atoms with Crippen LogP contribution in [0.2, 0.25) is 5.02 Å². The summed E-state index contributed by atoms with van der Waals surface area (Å²) in [6.45, 7) is 0. The molecule has 3 aromatic rings. The van der Waals surface area contributed by atoms with Crippen LogP contribution in [0, 0.1) is 0 Å². The Labute approximate surface area is 178 Å². The number of aliphatic hydroxyl groups is 1. The molecule has 0 aliphatic carbocycles. The molecule has 0 bridgehead atoms. The third-order valence-electron chi connectivity index (χ3n) is 4.44. The lowest BCUT2D eigenvalue weighted by atomic mass is 10.00. The van der Waals surface area contributed by atoms with Crippen LogP contribution in [0.3, 0.4) is 0 Å². The first-order chi connectivity index (χ1) is 13.5. The molecule has 1 aromatic heterocycles. The van der Waals surface area contributed by atoms with Crippen LogP contribution in [0.4, 0.5) is 5.69 Å². The number of amides is 1. The van der Waals surface area contributed by atoms with Gasteiger partial charge in [0.2, 0.25) is 0 Å². The zero-order valence-electron chi connectivity index (χ0n) is 14.3. The summed E-state index contributed by atoms with van der Waals surface area (Å²) < 4.78 is 0.784. The minimum absolute atomic E-state index is 0.0506. The molecule has 1 amide bonds. The minimum atomic E-state index is -0.726. The third-order valence-corrected chi connectivity index (χ3v) is 6.09. The van der Waals surface area contributed by atoms with Crippen LogP contribution in [0.25, 0.3) is 5.76 Å². The number of Topliss-reactive ketones (excluding diaryl/α,β-unsaturated/α-hetero) is 1. The standard InChI is InChI=1S/C21H13BrClNO3S/c22-13-5-2-7-15(11-13)24-18(16-8-3-9-28-16)17(20(26)21(24)27)19(25)12-4-1-6-14(23)10-12/h1-11,18,25H/b19-17-. The molecule has 1 fully saturated rings. The first-order valence-electron chi connectivity index (χ1n) is 8.33. The minimum Gasteiger partial charge on any atom is -0.507 e. The fourth-order valence-corrected chi connectivity index (χ4v) is 4.63. The molecule has 1 aliphatic heterocycles. The number of hydrogen-bond donors (Lipinski definition) is 1. The molecule has 0 spiro atoms. The Morgan fingerprint density at radius 1 is 1.07 bits per heavy atom. The average molecular weight is 475 g/mol. The van der Waals surface area contributed by atoms with Crippen LogP contribution in [0.5, 0.6) is 0 Å². The molecule has 1 aliphatic rings. The van der Waals surface area contributed by atoms with Gasteiger partial charge in [-0.15, -0.1) is 11.3 Å². The summed E-state index contributed by atoms with van der Waals surface area (Å²) in [4.78, 5) is 28.1. The molecule has 0 radical (unpaired) electrons. The zero-order chi connectivity index (χ0) is 19.8. The number of benzene rings is 2. The van der Waals surface area contributed by atoms with Crippen molar-refractivity contribution in [1.82, 2.24) is 0 Å². The van der Waals surface area contributed by atoms with Crippen molar-refractivity contribution in [3.63, 3.8) is 0 Å². The summed E-state index contributed by atoms with van der Waals surface area (Å²) in [7, 11) is 0. The van der Waals surface area contributed by atoms with Gasteiger partial charge in [-0.25, -0.2) is 0 Å². The molecule has 7 heteroatoms. The number of rotatable bonds is 3. The topological polar surface area (TPSA) is 57.6 Å². The van der Waals surface area contributed by atoms with E-state index in [-0.39, 0.29) is 11.3 Å². The number of thiophene rings is 1. The molecule has 1 atom stereocenters. The Kier molecular flexibility index (Phi) is 5.10. The van der Waals surface area contributed by atoms with Gasteiger partial charge in [-0.05, 0) is 41.8 Å². The summed E-state index contributed by atoms with van der Waals surface area (Å²) in [5, 5.41) is 13.2. The molecular formula is C21H13BrClNO3S. The van der Waals surface area contributed by atoms with Crippen LogP contribution in [-0.2, 0) is 9.59 Å². The van der Waals surface area contributed by atoms with Gasteiger partial charge in [-0.1, -0.05) is 51.8 Å². The number of anilines is 1. The fourth-order valence-electron chi connectivity index (χ4n) is 3.23. The van der Waals surface area contributed by atoms with E-state index in [9.17, 15) is 14.7 Å². The maximum Gasteiger partial charge on any atom is 0.300 e. The van der Waals surface area contributed by atoms with Gasteiger partial charge in [0.1, 0.15) is 11.8 Å². The first-order valence-corrected chi connectivity index (χ1v) is 10.4. The molecule has 4 nitrogen and oxygen atoms in total. The van der Waals surface area contributed by atoms with E-state index in [1.807, 2.05) is 23.6 Å². The van der Waals surface area contributed by atoms with Gasteiger partial charge in [0.15, 0.2) is 0 Å². The second-order valence-electron chi connectivity index (χ2n) is 6.17. The van der Waals surface area contributed by atoms with Crippen molar-refractivity contribution in [2.24, 2.45) is 0 Å². The van der Waals surface area contributed by atoms with Gasteiger partial charge in [0.25, 0.3) is 11.7 Å². The Bertz CT molecular complexity index is 1110. The first kappa shape index (κ1) is 18.9. The highest BCUT2D eigenvalue weighted by Crippen LogP contribution is 2.44. The van der Waals surface area contributed by atoms with Crippen LogP contribution in [-0.4, -0.2) is 16.8 Å². The monoisotopic (exact) mass is 473 g/mol. The third kappa shape index (κ3) is 3.28. The van der Waals surface area contributed by atoms with Gasteiger partial charge in [-0.2, -0.15) is 0 Å². The molecule has 0 saturated carbocycles. The zero-order valence-corrected chi connectivity index (χ0v) is 17.5. The van der Waals surface area contributed by atoms with Crippen molar-refractivity contribution >= 4 is 62.0 Å². The van der Waals surface area contributed by atoms with E-state index in [4.69, 9.17) is 11.6 Å². The predicted molar refractivity (Wildman–Crippen MR) is 115 cm³/mol. The number of nitrogens with zero attached hydrogens (tertiary/aromatic N) is 1. The summed E-state index contributed by atoms with van der Waals surface area (Å²) >= 11 is 10.9. The number of hydrogen-bond acceptors (Lipinski definition) is 4. The van der Waals surface area contributed by atoms with Gasteiger partial charge in [-0.3, -0.25) is 14.5 Å². The second-order valence-corrected chi connectivity index (χ2v) is 8.51. The van der Waals surface area contributed by atoms with E-state index in [1.165, 1.54) is 16.2 Å². The van der Waals surface area contributed by atoms with E-state index in [0.717, 1.165) is 9.35 Å². The SMILES string of the molecule is O=C1C(=O)N(c2cccc(Br)c2)C(c2cccs2)/C1=C(/O)c1cccc(Cl)c1. The molecule has 140 valence electrons. The maximum atomic E-state index is 12.9. The largest absolute Gasteiger partial charge is 0.507 e. The molecule has 1 N–H and O–H groups in total. The molecular weight excluding hydrogens is 462 g/mol. The molecule has 1 unspecified atom stereocenters. The Balaban J connectivity index is 1.94. The quantitative estimate of drug-likeness (QED) is 0.297. The molecule has 28 heavy (non-hydrogen) atoms. The van der Waals surface area contributed by atoms with Crippen molar-refractivity contribution in [3.8, 4) is 0 Å². The van der Waals surface area contributed by atoms with Gasteiger partial charge in [0.05, 0.1) is 5.57 Å². The normalized spacial score (nSPS) is 18.6. The van der Waals surface area contributed by atoms with E-state index in [1.54, 1.807) is 42.5 Å². The maximum absolute atomic E-state index is 12.9. The van der Waals surface area contributed by atoms with Gasteiger partial charge < -0.3 is 5.11 Å². The van der Waals surface area contributed by atoms with Crippen LogP contribution in [0.15, 0.2) is 76.1 Å². The van der Waals surface area contributed by atoms with Crippen molar-refractivity contribution < 1.29 is 14.7 Å². The lowest BCUT2D eigenvalue weighted by molar-refractivity contribution is -0.132. The highest BCUT2D eigenvalue weighted by atomic mass is 79.9. The lowest BCUT2D eigenvalue weighted by Crippen LogP contribution is -2.29. The van der Waals surface area contributed by atoms with Crippen LogP contribution < -0.4 is 4.90 Å². The van der Waals surface area contributed by atoms with E-state index >= 15 is 0 Å². The van der Waals surface area contributed by atoms with Crippen molar-refractivity contribution in [2.75, 3.05) is 4.90 Å². The fraction of sp³-hybridized carbons (Fsp3) is 0.0476. The molecule has 2 aromatic carbocycles. The Hall–Kier alpha value is -2.41. The van der Waals surface area contributed by atoms with E-state index in [2.05, 4.69) is 15.9 Å². The number of carbonyl (C=O) groups excluding carboxylic acids is 2. The van der Waals surface area contributed by atoms with Gasteiger partial charge in [0, 0.05) is 25.6 Å². The predicted octanol–water partition coefficient (Wildman–Crippen LogP) is 5.79. The highest BCUT2D eigenvalue weighted by Gasteiger charge is 2.47. The number of aliphatic hydroxyl groups excluding tert-OH is 1. The smallest absolute Gasteiger partial charge is 0.300 e. The van der Waals surface area contributed by atoms with Crippen molar-refractivity contribution in [1.29, 1.82) is 0 Å². The number of ketones is 1. The average Bonchev–Trinajstić information content (AvgIpc) is 3.28. The summed E-state index contributed by atoms with van der Waals surface area (Å²) in [6, 6.07) is 16.7. The Morgan fingerprint density at radius 3 is 2.54 bits per heavy atom. The number of halogens is 2. The van der Waals surface area contributed by atoms with Crippen LogP contribution >= 0.6 is 38.9 Å². The number of carbonyl (C=O) groups is 2.